The van der Waals surface area contributed by atoms with Crippen LogP contribution in [-0.2, 0) is 0 Å². The Morgan fingerprint density at radius 3 is 2.76 bits per heavy atom. The van der Waals surface area contributed by atoms with Gasteiger partial charge < -0.3 is 10.6 Å². The Balaban J connectivity index is 1.48. The summed E-state index contributed by atoms with van der Waals surface area (Å²) in [6, 6.07) is 9.37. The van der Waals surface area contributed by atoms with Crippen LogP contribution < -0.4 is 5.73 Å². The maximum atomic E-state index is 12.7. The number of benzene rings is 1. The highest BCUT2D eigenvalue weighted by Crippen LogP contribution is 2.27. The van der Waals surface area contributed by atoms with Crippen LogP contribution in [0.1, 0.15) is 28.4 Å². The molecule has 1 saturated heterocycles. The van der Waals surface area contributed by atoms with Crippen molar-refractivity contribution in [3.05, 3.63) is 60.2 Å². The van der Waals surface area contributed by atoms with Crippen molar-refractivity contribution < 1.29 is 4.79 Å². The molecular formula is C18H18N6O. The third-order valence-electron chi connectivity index (χ3n) is 4.52. The van der Waals surface area contributed by atoms with Gasteiger partial charge in [0.2, 0.25) is 0 Å². The van der Waals surface area contributed by atoms with Gasteiger partial charge in [-0.05, 0) is 24.6 Å². The number of hydrogen-bond acceptors (Lipinski definition) is 5. The minimum atomic E-state index is 0.0484. The van der Waals surface area contributed by atoms with Crippen LogP contribution in [-0.4, -0.2) is 44.1 Å². The second kappa shape index (κ2) is 6.35. The van der Waals surface area contributed by atoms with Gasteiger partial charge in [0, 0.05) is 42.0 Å². The van der Waals surface area contributed by atoms with Gasteiger partial charge in [-0.1, -0.05) is 12.1 Å². The van der Waals surface area contributed by atoms with E-state index in [4.69, 9.17) is 5.73 Å². The number of carbonyl (C=O) groups is 1. The normalized spacial score (nSPS) is 17.0. The zero-order valence-corrected chi connectivity index (χ0v) is 13.6. The van der Waals surface area contributed by atoms with Gasteiger partial charge in [-0.3, -0.25) is 14.9 Å². The zero-order valence-electron chi connectivity index (χ0n) is 13.6. The molecule has 0 radical (unpaired) electrons. The fourth-order valence-corrected chi connectivity index (χ4v) is 3.18. The minimum absolute atomic E-state index is 0.0484. The summed E-state index contributed by atoms with van der Waals surface area (Å²) in [5.41, 5.74) is 9.01. The number of hydrogen-bond donors (Lipinski definition) is 2. The quantitative estimate of drug-likeness (QED) is 0.764. The van der Waals surface area contributed by atoms with Gasteiger partial charge in [-0.25, -0.2) is 4.98 Å². The summed E-state index contributed by atoms with van der Waals surface area (Å²) in [5.74, 6) is 0.750. The number of anilines is 1. The van der Waals surface area contributed by atoms with E-state index in [1.807, 2.05) is 35.2 Å². The average Bonchev–Trinajstić information content (AvgIpc) is 3.32. The van der Waals surface area contributed by atoms with Crippen molar-refractivity contribution in [3.63, 3.8) is 0 Å². The number of aromatic amines is 1. The number of rotatable bonds is 3. The molecule has 1 unspecified atom stereocenters. The van der Waals surface area contributed by atoms with Crippen LogP contribution >= 0.6 is 0 Å². The maximum Gasteiger partial charge on any atom is 0.253 e. The number of amides is 1. The van der Waals surface area contributed by atoms with E-state index in [0.717, 1.165) is 24.2 Å². The predicted molar refractivity (Wildman–Crippen MR) is 93.7 cm³/mol. The molecule has 1 amide bonds. The van der Waals surface area contributed by atoms with Crippen molar-refractivity contribution in [3.8, 4) is 11.3 Å². The summed E-state index contributed by atoms with van der Waals surface area (Å²) in [6.45, 7) is 1.47. The van der Waals surface area contributed by atoms with E-state index in [1.54, 1.807) is 12.4 Å². The van der Waals surface area contributed by atoms with Crippen molar-refractivity contribution in [2.75, 3.05) is 18.8 Å². The number of likely N-dealkylation sites (tertiary alicyclic amines) is 1. The number of nitrogens with zero attached hydrogens (tertiary/aromatic N) is 4. The molecule has 3 aromatic rings. The summed E-state index contributed by atoms with van der Waals surface area (Å²) in [6.07, 6.45) is 5.86. The topological polar surface area (TPSA) is 101 Å². The third kappa shape index (κ3) is 3.08. The smallest absolute Gasteiger partial charge is 0.253 e. The molecule has 0 saturated carbocycles. The van der Waals surface area contributed by atoms with Gasteiger partial charge in [-0.15, -0.1) is 0 Å². The Labute approximate surface area is 144 Å². The van der Waals surface area contributed by atoms with Crippen LogP contribution in [0.15, 0.2) is 48.9 Å². The molecule has 7 heteroatoms. The Morgan fingerprint density at radius 2 is 2.04 bits per heavy atom. The fourth-order valence-electron chi connectivity index (χ4n) is 3.18. The van der Waals surface area contributed by atoms with Crippen LogP contribution in [0.3, 0.4) is 0 Å². The number of carbonyl (C=O) groups excluding carboxylic acids is 1. The third-order valence-corrected chi connectivity index (χ3v) is 4.52. The van der Waals surface area contributed by atoms with Crippen molar-refractivity contribution in [1.29, 1.82) is 0 Å². The SMILES string of the molecule is Nc1cncc(-c2ccc(C(=O)N3CCC(c4ccn[nH]4)C3)cc2)n1. The van der Waals surface area contributed by atoms with Gasteiger partial charge in [-0.2, -0.15) is 5.10 Å². The molecule has 0 spiro atoms. The van der Waals surface area contributed by atoms with E-state index in [9.17, 15) is 4.79 Å². The summed E-state index contributed by atoms with van der Waals surface area (Å²) in [4.78, 5) is 22.9. The van der Waals surface area contributed by atoms with Crippen molar-refractivity contribution in [2.45, 2.75) is 12.3 Å². The summed E-state index contributed by atoms with van der Waals surface area (Å²) < 4.78 is 0. The first-order chi connectivity index (χ1) is 12.2. The maximum absolute atomic E-state index is 12.7. The molecule has 3 heterocycles. The lowest BCUT2D eigenvalue weighted by molar-refractivity contribution is 0.0790. The molecule has 25 heavy (non-hydrogen) atoms. The minimum Gasteiger partial charge on any atom is -0.382 e. The van der Waals surface area contributed by atoms with E-state index in [0.29, 0.717) is 29.5 Å². The van der Waals surface area contributed by atoms with Crippen LogP contribution in [0.4, 0.5) is 5.82 Å². The number of nitrogen functional groups attached to an aromatic ring is 1. The summed E-state index contributed by atoms with van der Waals surface area (Å²) in [7, 11) is 0. The molecule has 1 aliphatic rings. The second-order valence-corrected chi connectivity index (χ2v) is 6.16. The Bertz CT molecular complexity index is 875. The highest BCUT2D eigenvalue weighted by molar-refractivity contribution is 5.94. The van der Waals surface area contributed by atoms with Gasteiger partial charge in [0.1, 0.15) is 5.82 Å². The molecule has 1 atom stereocenters. The Kier molecular flexibility index (Phi) is 3.89. The first kappa shape index (κ1) is 15.3. The molecule has 3 N–H and O–H groups in total. The van der Waals surface area contributed by atoms with E-state index >= 15 is 0 Å². The molecule has 1 aliphatic heterocycles. The van der Waals surface area contributed by atoms with Gasteiger partial charge in [0.15, 0.2) is 0 Å². The number of H-pyrrole nitrogens is 1. The molecule has 0 bridgehead atoms. The first-order valence-electron chi connectivity index (χ1n) is 8.17. The van der Waals surface area contributed by atoms with Gasteiger partial charge >= 0.3 is 0 Å². The lowest BCUT2D eigenvalue weighted by atomic mass is 10.1. The van der Waals surface area contributed by atoms with E-state index in [1.165, 1.54) is 6.20 Å². The Morgan fingerprint density at radius 1 is 1.20 bits per heavy atom. The largest absolute Gasteiger partial charge is 0.382 e. The van der Waals surface area contributed by atoms with Crippen molar-refractivity contribution in [1.82, 2.24) is 25.1 Å². The van der Waals surface area contributed by atoms with E-state index in [2.05, 4.69) is 20.2 Å². The zero-order chi connectivity index (χ0) is 17.2. The highest BCUT2D eigenvalue weighted by Gasteiger charge is 2.28. The summed E-state index contributed by atoms with van der Waals surface area (Å²) >= 11 is 0. The molecule has 2 aromatic heterocycles. The number of nitrogens with one attached hydrogen (secondary N) is 1. The van der Waals surface area contributed by atoms with E-state index in [-0.39, 0.29) is 5.91 Å². The standard InChI is InChI=1S/C18H18N6O/c19-17-10-20-9-16(22-17)12-1-3-13(4-2-12)18(25)24-8-6-14(11-24)15-5-7-21-23-15/h1-5,7,9-10,14H,6,8,11H2,(H2,19,22)(H,21,23). The lowest BCUT2D eigenvalue weighted by Crippen LogP contribution is -2.28. The summed E-state index contributed by atoms with van der Waals surface area (Å²) in [5, 5.41) is 6.99. The van der Waals surface area contributed by atoms with Gasteiger partial charge in [0.05, 0.1) is 18.1 Å². The van der Waals surface area contributed by atoms with Crippen LogP contribution in [0.5, 0.6) is 0 Å². The predicted octanol–water partition coefficient (Wildman–Crippen LogP) is 2.08. The van der Waals surface area contributed by atoms with E-state index < -0.39 is 0 Å². The van der Waals surface area contributed by atoms with Crippen LogP contribution in [0.25, 0.3) is 11.3 Å². The van der Waals surface area contributed by atoms with Crippen molar-refractivity contribution >= 4 is 11.7 Å². The second-order valence-electron chi connectivity index (χ2n) is 6.16. The number of nitrogens with two attached hydrogens (primary N) is 1. The van der Waals surface area contributed by atoms with Crippen LogP contribution in [0, 0.1) is 0 Å². The Hall–Kier alpha value is -3.22. The fraction of sp³-hybridized carbons (Fsp3) is 0.222. The molecular weight excluding hydrogens is 316 g/mol. The number of aromatic nitrogens is 4. The highest BCUT2D eigenvalue weighted by atomic mass is 16.2. The molecule has 0 aliphatic carbocycles. The molecule has 1 aromatic carbocycles. The molecule has 126 valence electrons. The lowest BCUT2D eigenvalue weighted by Gasteiger charge is -2.16. The molecule has 7 nitrogen and oxygen atoms in total. The average molecular weight is 334 g/mol. The monoisotopic (exact) mass is 334 g/mol. The van der Waals surface area contributed by atoms with Gasteiger partial charge in [0.25, 0.3) is 5.91 Å². The molecule has 4 rings (SSSR count). The first-order valence-corrected chi connectivity index (χ1v) is 8.17. The van der Waals surface area contributed by atoms with Crippen LogP contribution in [0.2, 0.25) is 0 Å². The molecule has 1 fully saturated rings. The van der Waals surface area contributed by atoms with Crippen molar-refractivity contribution in [2.24, 2.45) is 0 Å².